The summed E-state index contributed by atoms with van der Waals surface area (Å²) in [4.78, 5) is 2.31. The van der Waals surface area contributed by atoms with Crippen LogP contribution in [0.2, 0.25) is 0 Å². The molecule has 0 bridgehead atoms. The number of ether oxygens (including phenoxy) is 1. The zero-order valence-corrected chi connectivity index (χ0v) is 14.2. The number of hydrogen-bond acceptors (Lipinski definition) is 3. The quantitative estimate of drug-likeness (QED) is 0.898. The molecule has 2 rings (SSSR count). The fraction of sp³-hybridized carbons (Fsp3) is 0.667. The topological polar surface area (TPSA) is 24.5 Å². The number of aryl methyl sites for hydroxylation is 1. The fourth-order valence-electron chi connectivity index (χ4n) is 2.68. The lowest BCUT2D eigenvalue weighted by atomic mass is 10.0. The highest BCUT2D eigenvalue weighted by Gasteiger charge is 2.18. The van der Waals surface area contributed by atoms with Gasteiger partial charge in [-0.15, -0.1) is 0 Å². The van der Waals surface area contributed by atoms with Crippen LogP contribution in [0.25, 0.3) is 0 Å². The van der Waals surface area contributed by atoms with Crippen LogP contribution in [0.1, 0.15) is 44.7 Å². The summed E-state index contributed by atoms with van der Waals surface area (Å²) in [6, 6.07) is 6.76. The van der Waals surface area contributed by atoms with Crippen molar-refractivity contribution in [2.45, 2.75) is 58.7 Å². The lowest BCUT2D eigenvalue weighted by molar-refractivity contribution is 0.116. The van der Waals surface area contributed by atoms with E-state index >= 15 is 0 Å². The van der Waals surface area contributed by atoms with E-state index in [2.05, 4.69) is 63.2 Å². The molecule has 1 unspecified atom stereocenters. The molecule has 1 aromatic carbocycles. The third kappa shape index (κ3) is 5.01. The van der Waals surface area contributed by atoms with Gasteiger partial charge in [-0.1, -0.05) is 6.07 Å². The van der Waals surface area contributed by atoms with Gasteiger partial charge >= 0.3 is 0 Å². The minimum absolute atomic E-state index is 0.154. The summed E-state index contributed by atoms with van der Waals surface area (Å²) in [5.41, 5.74) is 4.16. The molecule has 1 saturated heterocycles. The maximum Gasteiger partial charge on any atom is 0.0750 e. The molecule has 1 fully saturated rings. The molecule has 1 aliphatic heterocycles. The van der Waals surface area contributed by atoms with E-state index in [1.54, 1.807) is 0 Å². The third-order valence-electron chi connectivity index (χ3n) is 4.08. The molecule has 1 aromatic rings. The Kier molecular flexibility index (Phi) is 5.28. The van der Waals surface area contributed by atoms with Crippen LogP contribution in [-0.2, 0) is 11.3 Å². The zero-order valence-electron chi connectivity index (χ0n) is 14.2. The number of hydrogen-bond donors (Lipinski definition) is 1. The van der Waals surface area contributed by atoms with Crippen LogP contribution in [-0.4, -0.2) is 31.8 Å². The van der Waals surface area contributed by atoms with Gasteiger partial charge in [-0.3, -0.25) is 0 Å². The summed E-state index contributed by atoms with van der Waals surface area (Å²) >= 11 is 0. The number of nitrogens with zero attached hydrogens (tertiary/aromatic N) is 1. The predicted octanol–water partition coefficient (Wildman–Crippen LogP) is 3.50. The molecular formula is C18H30N2O. The first-order chi connectivity index (χ1) is 9.85. The highest BCUT2D eigenvalue weighted by atomic mass is 16.5. The third-order valence-corrected chi connectivity index (χ3v) is 4.08. The molecule has 1 atom stereocenters. The summed E-state index contributed by atoms with van der Waals surface area (Å²) in [5.74, 6) is 0. The Hall–Kier alpha value is -1.06. The number of nitrogens with one attached hydrogen (secondary N) is 1. The second-order valence-corrected chi connectivity index (χ2v) is 7.23. The van der Waals surface area contributed by atoms with Crippen molar-refractivity contribution in [1.82, 2.24) is 5.32 Å². The van der Waals surface area contributed by atoms with Gasteiger partial charge in [0.25, 0.3) is 0 Å². The van der Waals surface area contributed by atoms with Gasteiger partial charge in [0, 0.05) is 38.0 Å². The highest BCUT2D eigenvalue weighted by Crippen LogP contribution is 2.21. The Bertz CT molecular complexity index is 459. The lowest BCUT2D eigenvalue weighted by Crippen LogP contribution is -2.35. The normalized spacial score (nSPS) is 19.0. The van der Waals surface area contributed by atoms with Crippen molar-refractivity contribution in [3.05, 3.63) is 29.3 Å². The van der Waals surface area contributed by atoms with E-state index in [4.69, 9.17) is 4.74 Å². The molecule has 0 aliphatic carbocycles. The SMILES string of the molecule is Cc1cc(N(C)CC2CCCO2)ccc1CNC(C)(C)C. The Morgan fingerprint density at radius 1 is 1.33 bits per heavy atom. The van der Waals surface area contributed by atoms with Crippen LogP contribution in [0.3, 0.4) is 0 Å². The Labute approximate surface area is 129 Å². The average Bonchev–Trinajstić information content (AvgIpc) is 2.89. The largest absolute Gasteiger partial charge is 0.376 e. The van der Waals surface area contributed by atoms with E-state index in [-0.39, 0.29) is 5.54 Å². The number of likely N-dealkylation sites (N-methyl/N-ethyl adjacent to an activating group) is 1. The molecule has 118 valence electrons. The van der Waals surface area contributed by atoms with Crippen LogP contribution in [0.5, 0.6) is 0 Å². The van der Waals surface area contributed by atoms with Gasteiger partial charge in [-0.2, -0.15) is 0 Å². The molecule has 1 aliphatic rings. The number of benzene rings is 1. The molecule has 1 heterocycles. The van der Waals surface area contributed by atoms with Crippen molar-refractivity contribution in [1.29, 1.82) is 0 Å². The first-order valence-electron chi connectivity index (χ1n) is 8.02. The minimum Gasteiger partial charge on any atom is -0.376 e. The van der Waals surface area contributed by atoms with Crippen molar-refractivity contribution in [3.8, 4) is 0 Å². The number of rotatable bonds is 5. The molecule has 0 radical (unpaired) electrons. The van der Waals surface area contributed by atoms with Crippen LogP contribution in [0.4, 0.5) is 5.69 Å². The number of anilines is 1. The maximum absolute atomic E-state index is 5.72. The molecule has 0 saturated carbocycles. The van der Waals surface area contributed by atoms with E-state index in [0.717, 1.165) is 19.7 Å². The van der Waals surface area contributed by atoms with Gasteiger partial charge < -0.3 is 15.0 Å². The van der Waals surface area contributed by atoms with Crippen molar-refractivity contribution in [2.24, 2.45) is 0 Å². The lowest BCUT2D eigenvalue weighted by Gasteiger charge is -2.25. The first-order valence-corrected chi connectivity index (χ1v) is 8.02. The van der Waals surface area contributed by atoms with Gasteiger partial charge in [-0.05, 0) is 63.8 Å². The Morgan fingerprint density at radius 2 is 2.10 bits per heavy atom. The van der Waals surface area contributed by atoms with Crippen molar-refractivity contribution >= 4 is 5.69 Å². The summed E-state index contributed by atoms with van der Waals surface area (Å²) < 4.78 is 5.72. The van der Waals surface area contributed by atoms with E-state index in [0.29, 0.717) is 6.10 Å². The average molecular weight is 290 g/mol. The molecule has 0 aromatic heterocycles. The first kappa shape index (κ1) is 16.3. The molecule has 3 nitrogen and oxygen atoms in total. The van der Waals surface area contributed by atoms with E-state index < -0.39 is 0 Å². The molecule has 3 heteroatoms. The predicted molar refractivity (Wildman–Crippen MR) is 90.0 cm³/mol. The fourth-order valence-corrected chi connectivity index (χ4v) is 2.68. The van der Waals surface area contributed by atoms with Crippen LogP contribution in [0.15, 0.2) is 18.2 Å². The second kappa shape index (κ2) is 6.80. The van der Waals surface area contributed by atoms with Crippen LogP contribution >= 0.6 is 0 Å². The molecular weight excluding hydrogens is 260 g/mol. The van der Waals surface area contributed by atoms with Gasteiger partial charge in [0.05, 0.1) is 6.10 Å². The summed E-state index contributed by atoms with van der Waals surface area (Å²) in [6.45, 7) is 11.6. The molecule has 1 N–H and O–H groups in total. The van der Waals surface area contributed by atoms with E-state index in [1.807, 2.05) is 0 Å². The van der Waals surface area contributed by atoms with Gasteiger partial charge in [0.1, 0.15) is 0 Å². The second-order valence-electron chi connectivity index (χ2n) is 7.23. The smallest absolute Gasteiger partial charge is 0.0750 e. The zero-order chi connectivity index (χ0) is 15.5. The monoisotopic (exact) mass is 290 g/mol. The standard InChI is InChI=1S/C18H30N2O/c1-14-11-16(20(5)13-17-7-6-10-21-17)9-8-15(14)12-19-18(2,3)4/h8-9,11,17,19H,6-7,10,12-13H2,1-5H3. The minimum atomic E-state index is 0.154. The molecule has 21 heavy (non-hydrogen) atoms. The van der Waals surface area contributed by atoms with Crippen molar-refractivity contribution in [2.75, 3.05) is 25.1 Å². The van der Waals surface area contributed by atoms with Crippen molar-refractivity contribution < 1.29 is 4.74 Å². The highest BCUT2D eigenvalue weighted by molar-refractivity contribution is 5.50. The Morgan fingerprint density at radius 3 is 2.67 bits per heavy atom. The molecule has 0 spiro atoms. The van der Waals surface area contributed by atoms with Crippen LogP contribution < -0.4 is 10.2 Å². The van der Waals surface area contributed by atoms with E-state index in [9.17, 15) is 0 Å². The van der Waals surface area contributed by atoms with Gasteiger partial charge in [0.15, 0.2) is 0 Å². The van der Waals surface area contributed by atoms with Crippen LogP contribution in [0, 0.1) is 6.92 Å². The van der Waals surface area contributed by atoms with Gasteiger partial charge in [0.2, 0.25) is 0 Å². The van der Waals surface area contributed by atoms with E-state index in [1.165, 1.54) is 29.7 Å². The summed E-state index contributed by atoms with van der Waals surface area (Å²) in [5, 5.41) is 3.55. The molecule has 0 amide bonds. The van der Waals surface area contributed by atoms with Gasteiger partial charge in [-0.25, -0.2) is 0 Å². The summed E-state index contributed by atoms with van der Waals surface area (Å²) in [6.07, 6.45) is 2.80. The Balaban J connectivity index is 1.97. The summed E-state index contributed by atoms with van der Waals surface area (Å²) in [7, 11) is 2.16. The van der Waals surface area contributed by atoms with Crippen molar-refractivity contribution in [3.63, 3.8) is 0 Å². The maximum atomic E-state index is 5.72.